The summed E-state index contributed by atoms with van der Waals surface area (Å²) < 4.78 is 5.10. The van der Waals surface area contributed by atoms with Gasteiger partial charge in [-0.3, -0.25) is 4.79 Å². The van der Waals surface area contributed by atoms with Gasteiger partial charge in [-0.2, -0.15) is 5.26 Å². The molecule has 90 valence electrons. The molecule has 0 bridgehead atoms. The fraction of sp³-hybridized carbons (Fsp3) is 0.333. The van der Waals surface area contributed by atoms with Crippen molar-refractivity contribution >= 4 is 27.5 Å². The molecule has 0 aliphatic carbocycles. The fourth-order valence-corrected chi connectivity index (χ4v) is 1.27. The third kappa shape index (κ3) is 4.45. The monoisotopic (exact) mass is 296 g/mol. The first kappa shape index (κ1) is 13.5. The van der Waals surface area contributed by atoms with Crippen molar-refractivity contribution in [3.8, 4) is 11.8 Å². The van der Waals surface area contributed by atoms with Gasteiger partial charge in [0.1, 0.15) is 11.8 Å². The van der Waals surface area contributed by atoms with E-state index in [0.717, 1.165) is 6.42 Å². The number of nitrogens with one attached hydrogen (secondary N) is 1. The van der Waals surface area contributed by atoms with Crippen molar-refractivity contribution in [2.75, 3.05) is 11.9 Å². The second-order valence-corrected chi connectivity index (χ2v) is 4.44. The number of ether oxygens (including phenoxy) is 1. The highest BCUT2D eigenvalue weighted by atomic mass is 79.9. The maximum absolute atomic E-state index is 11.6. The molecule has 0 heterocycles. The number of rotatable bonds is 5. The molecule has 0 fully saturated rings. The predicted octanol–water partition coefficient (Wildman–Crippen LogP) is 2.70. The highest BCUT2D eigenvalue weighted by Crippen LogP contribution is 2.16. The molecule has 0 aromatic heterocycles. The lowest BCUT2D eigenvalue weighted by atomic mass is 10.2. The molecule has 0 saturated heterocycles. The summed E-state index contributed by atoms with van der Waals surface area (Å²) in [5, 5.41) is 11.1. The van der Waals surface area contributed by atoms with Crippen LogP contribution in [0.4, 0.5) is 5.69 Å². The van der Waals surface area contributed by atoms with Crippen LogP contribution >= 0.6 is 15.9 Å². The number of halogens is 1. The summed E-state index contributed by atoms with van der Waals surface area (Å²) in [5.41, 5.74) is 0.706. The zero-order valence-corrected chi connectivity index (χ0v) is 11.0. The Morgan fingerprint density at radius 2 is 2.18 bits per heavy atom. The summed E-state index contributed by atoms with van der Waals surface area (Å²) in [6, 6.07) is 8.78. The number of anilines is 1. The maximum atomic E-state index is 11.6. The van der Waals surface area contributed by atoms with Crippen LogP contribution in [0.15, 0.2) is 24.3 Å². The summed E-state index contributed by atoms with van der Waals surface area (Å²) in [6.07, 6.45) is 0.731. The van der Waals surface area contributed by atoms with Gasteiger partial charge in [-0.1, -0.05) is 22.9 Å². The number of hydrogen-bond acceptors (Lipinski definition) is 3. The highest BCUT2D eigenvalue weighted by Gasteiger charge is 2.11. The molecule has 17 heavy (non-hydrogen) atoms. The van der Waals surface area contributed by atoms with E-state index in [0.29, 0.717) is 11.4 Å². The predicted molar refractivity (Wildman–Crippen MR) is 69.2 cm³/mol. The average molecular weight is 297 g/mol. The third-order valence-electron chi connectivity index (χ3n) is 2.07. The zero-order valence-electron chi connectivity index (χ0n) is 9.44. The number of nitrogens with zero attached hydrogens (tertiary/aromatic N) is 1. The lowest BCUT2D eigenvalue weighted by Crippen LogP contribution is -2.21. The van der Waals surface area contributed by atoms with Crippen molar-refractivity contribution in [1.29, 1.82) is 5.26 Å². The third-order valence-corrected chi connectivity index (χ3v) is 3.13. The molecule has 0 spiro atoms. The number of carbonyl (C=O) groups is 1. The van der Waals surface area contributed by atoms with Gasteiger partial charge in [0.2, 0.25) is 5.91 Å². The first-order valence-electron chi connectivity index (χ1n) is 5.22. The van der Waals surface area contributed by atoms with E-state index >= 15 is 0 Å². The minimum atomic E-state index is -0.183. The Kier molecular flexibility index (Phi) is 5.50. The minimum absolute atomic E-state index is 0.0189. The van der Waals surface area contributed by atoms with Crippen molar-refractivity contribution in [3.63, 3.8) is 0 Å². The van der Waals surface area contributed by atoms with Crippen molar-refractivity contribution in [2.24, 2.45) is 0 Å². The lowest BCUT2D eigenvalue weighted by molar-refractivity contribution is -0.115. The summed E-state index contributed by atoms with van der Waals surface area (Å²) >= 11 is 3.28. The van der Waals surface area contributed by atoms with Gasteiger partial charge in [0.15, 0.2) is 6.61 Å². The largest absolute Gasteiger partial charge is 0.479 e. The molecular formula is C12H13BrN2O2. The van der Waals surface area contributed by atoms with E-state index in [4.69, 9.17) is 10.00 Å². The van der Waals surface area contributed by atoms with Crippen LogP contribution in [0.25, 0.3) is 0 Å². The Labute approximate surface area is 109 Å². The number of carbonyl (C=O) groups excluding carboxylic acids is 1. The number of benzene rings is 1. The van der Waals surface area contributed by atoms with Gasteiger partial charge in [-0.15, -0.1) is 0 Å². The van der Waals surface area contributed by atoms with Crippen LogP contribution in [-0.2, 0) is 4.79 Å². The van der Waals surface area contributed by atoms with Gasteiger partial charge in [-0.25, -0.2) is 0 Å². The Bertz CT molecular complexity index is 412. The van der Waals surface area contributed by atoms with Gasteiger partial charge >= 0.3 is 0 Å². The molecule has 4 nitrogen and oxygen atoms in total. The number of alkyl halides is 1. The molecule has 1 N–H and O–H groups in total. The van der Waals surface area contributed by atoms with Crippen molar-refractivity contribution < 1.29 is 9.53 Å². The Morgan fingerprint density at radius 3 is 2.71 bits per heavy atom. The van der Waals surface area contributed by atoms with Crippen LogP contribution in [0, 0.1) is 11.3 Å². The average Bonchev–Trinajstić information content (AvgIpc) is 2.37. The van der Waals surface area contributed by atoms with E-state index in [-0.39, 0.29) is 17.3 Å². The SMILES string of the molecule is CCC(Br)C(=O)Nc1ccc(OCC#N)cc1. The summed E-state index contributed by atoms with van der Waals surface area (Å²) in [4.78, 5) is 11.4. The Hall–Kier alpha value is -1.54. The normalized spacial score (nSPS) is 11.4. The van der Waals surface area contributed by atoms with Gasteiger partial charge in [0.25, 0.3) is 0 Å². The van der Waals surface area contributed by atoms with Crippen molar-refractivity contribution in [2.45, 2.75) is 18.2 Å². The Balaban J connectivity index is 2.57. The van der Waals surface area contributed by atoms with Crippen molar-refractivity contribution in [1.82, 2.24) is 0 Å². The lowest BCUT2D eigenvalue weighted by Gasteiger charge is -2.09. The van der Waals surface area contributed by atoms with Gasteiger partial charge in [0.05, 0.1) is 4.83 Å². The van der Waals surface area contributed by atoms with Crippen LogP contribution in [0.2, 0.25) is 0 Å². The van der Waals surface area contributed by atoms with Gasteiger partial charge in [-0.05, 0) is 30.7 Å². The molecule has 1 aromatic carbocycles. The summed E-state index contributed by atoms with van der Waals surface area (Å²) in [7, 11) is 0. The second kappa shape index (κ2) is 6.92. The fourth-order valence-electron chi connectivity index (χ4n) is 1.16. The Morgan fingerprint density at radius 1 is 1.53 bits per heavy atom. The summed E-state index contributed by atoms with van der Waals surface area (Å²) in [5.74, 6) is 0.536. The molecular weight excluding hydrogens is 284 g/mol. The molecule has 1 unspecified atom stereocenters. The smallest absolute Gasteiger partial charge is 0.238 e. The minimum Gasteiger partial charge on any atom is -0.479 e. The van der Waals surface area contributed by atoms with Crippen LogP contribution in [0.3, 0.4) is 0 Å². The number of hydrogen-bond donors (Lipinski definition) is 1. The van der Waals surface area contributed by atoms with Crippen LogP contribution in [0.5, 0.6) is 5.75 Å². The van der Waals surface area contributed by atoms with E-state index in [2.05, 4.69) is 21.2 Å². The first-order valence-corrected chi connectivity index (χ1v) is 6.13. The molecule has 1 aromatic rings. The molecule has 1 atom stereocenters. The quantitative estimate of drug-likeness (QED) is 0.850. The van der Waals surface area contributed by atoms with E-state index < -0.39 is 0 Å². The molecule has 0 aliphatic heterocycles. The molecule has 0 saturated carbocycles. The standard InChI is InChI=1S/C12H13BrN2O2/c1-2-11(13)12(16)15-9-3-5-10(6-4-9)17-8-7-14/h3-6,11H,2,8H2,1H3,(H,15,16). The molecule has 5 heteroatoms. The second-order valence-electron chi connectivity index (χ2n) is 3.34. The van der Waals surface area contributed by atoms with Crippen LogP contribution in [0.1, 0.15) is 13.3 Å². The molecule has 1 amide bonds. The van der Waals surface area contributed by atoms with E-state index in [9.17, 15) is 4.79 Å². The van der Waals surface area contributed by atoms with E-state index in [1.54, 1.807) is 24.3 Å². The molecule has 0 aliphatic rings. The topological polar surface area (TPSA) is 62.1 Å². The summed E-state index contributed by atoms with van der Waals surface area (Å²) in [6.45, 7) is 1.95. The van der Waals surface area contributed by atoms with Gasteiger partial charge < -0.3 is 10.1 Å². The highest BCUT2D eigenvalue weighted by molar-refractivity contribution is 9.10. The number of nitriles is 1. The first-order chi connectivity index (χ1) is 8.17. The van der Waals surface area contributed by atoms with Gasteiger partial charge in [0, 0.05) is 5.69 Å². The van der Waals surface area contributed by atoms with Crippen molar-refractivity contribution in [3.05, 3.63) is 24.3 Å². The molecule has 1 rings (SSSR count). The number of amides is 1. The van der Waals surface area contributed by atoms with E-state index in [1.807, 2.05) is 13.0 Å². The van der Waals surface area contributed by atoms with E-state index in [1.165, 1.54) is 0 Å². The maximum Gasteiger partial charge on any atom is 0.238 e. The van der Waals surface area contributed by atoms with Crippen LogP contribution < -0.4 is 10.1 Å². The van der Waals surface area contributed by atoms with Crippen LogP contribution in [-0.4, -0.2) is 17.3 Å². The molecule has 0 radical (unpaired) electrons. The zero-order chi connectivity index (χ0) is 12.7.